The average molecular weight is 489 g/mol. The lowest BCUT2D eigenvalue weighted by atomic mass is 9.96. The molecule has 5 rings (SSSR count). The van der Waals surface area contributed by atoms with Crippen molar-refractivity contribution >= 4 is 21.6 Å². The number of hydrogen-bond donors (Lipinski definition) is 0. The van der Waals surface area contributed by atoms with Crippen LogP contribution in [-0.4, -0.2) is 17.1 Å². The van der Waals surface area contributed by atoms with Crippen LogP contribution in [0.3, 0.4) is 0 Å². The van der Waals surface area contributed by atoms with Crippen molar-refractivity contribution in [3.63, 3.8) is 0 Å². The predicted molar refractivity (Wildman–Crippen MR) is 113 cm³/mol. The van der Waals surface area contributed by atoms with Crippen LogP contribution in [0, 0.1) is 0 Å². The molecule has 0 N–H and O–H groups in total. The van der Waals surface area contributed by atoms with E-state index >= 15 is 0 Å². The summed E-state index contributed by atoms with van der Waals surface area (Å²) in [4.78, 5) is 0. The van der Waals surface area contributed by atoms with Gasteiger partial charge in [-0.3, -0.25) is 0 Å². The van der Waals surface area contributed by atoms with Crippen molar-refractivity contribution in [2.75, 3.05) is 0 Å². The fourth-order valence-electron chi connectivity index (χ4n) is 3.92. The Kier molecular flexibility index (Phi) is 4.89. The molecule has 3 aromatic rings. The van der Waals surface area contributed by atoms with Gasteiger partial charge in [0.2, 0.25) is 6.23 Å². The number of hydrazone groups is 1. The van der Waals surface area contributed by atoms with Gasteiger partial charge in [0.1, 0.15) is 11.5 Å². The summed E-state index contributed by atoms with van der Waals surface area (Å²) in [6, 6.07) is 21.4. The summed E-state index contributed by atoms with van der Waals surface area (Å²) in [5.74, 6) is 0.456. The van der Waals surface area contributed by atoms with E-state index in [1.54, 1.807) is 12.1 Å². The number of alkyl halides is 3. The fraction of sp³-hybridized carbons (Fsp3) is 0.174. The molecule has 4 nitrogen and oxygen atoms in total. The highest BCUT2D eigenvalue weighted by molar-refractivity contribution is 9.10. The molecule has 2 aliphatic heterocycles. The highest BCUT2D eigenvalue weighted by Crippen LogP contribution is 2.48. The lowest BCUT2D eigenvalue weighted by Gasteiger charge is -2.38. The summed E-state index contributed by atoms with van der Waals surface area (Å²) < 4.78 is 48.7. The van der Waals surface area contributed by atoms with Crippen LogP contribution in [0.5, 0.6) is 11.5 Å². The molecule has 0 saturated heterocycles. The van der Waals surface area contributed by atoms with Crippen molar-refractivity contribution in [3.8, 4) is 11.5 Å². The molecule has 0 bridgehead atoms. The van der Waals surface area contributed by atoms with Crippen molar-refractivity contribution in [1.29, 1.82) is 0 Å². The van der Waals surface area contributed by atoms with E-state index in [-0.39, 0.29) is 11.8 Å². The molecule has 0 saturated carbocycles. The van der Waals surface area contributed by atoms with Crippen LogP contribution in [-0.2, 0) is 0 Å². The van der Waals surface area contributed by atoms with E-state index in [2.05, 4.69) is 20.7 Å². The molecule has 0 aromatic heterocycles. The standard InChI is InChI=1S/C23H16BrF3N2O2/c24-16-8-11-21-18(12-16)20-13-19(14-4-2-1-3-5-14)28-29(20)22(30-21)15-6-9-17(10-7-15)31-23(25,26)27/h1-12,20,22H,13H2/t20-,22+/m0/s1. The zero-order chi connectivity index (χ0) is 21.6. The van der Waals surface area contributed by atoms with Crippen molar-refractivity contribution in [2.24, 2.45) is 5.10 Å². The maximum Gasteiger partial charge on any atom is 0.573 e. The summed E-state index contributed by atoms with van der Waals surface area (Å²) >= 11 is 3.52. The van der Waals surface area contributed by atoms with Crippen LogP contribution in [0.1, 0.15) is 35.4 Å². The Hall–Kier alpha value is -3.00. The third-order valence-electron chi connectivity index (χ3n) is 5.26. The van der Waals surface area contributed by atoms with Gasteiger partial charge in [-0.1, -0.05) is 46.3 Å². The lowest BCUT2D eigenvalue weighted by Crippen LogP contribution is -2.33. The molecule has 158 valence electrons. The molecule has 0 unspecified atom stereocenters. The van der Waals surface area contributed by atoms with Crippen LogP contribution in [0.4, 0.5) is 13.2 Å². The van der Waals surface area contributed by atoms with E-state index in [1.165, 1.54) is 12.1 Å². The monoisotopic (exact) mass is 488 g/mol. The summed E-state index contributed by atoms with van der Waals surface area (Å²) in [6.45, 7) is 0. The number of ether oxygens (including phenoxy) is 2. The van der Waals surface area contributed by atoms with Crippen LogP contribution >= 0.6 is 15.9 Å². The quantitative estimate of drug-likeness (QED) is 0.417. The molecule has 0 radical (unpaired) electrons. The number of halogens is 4. The van der Waals surface area contributed by atoms with Gasteiger partial charge in [-0.05, 0) is 48.0 Å². The van der Waals surface area contributed by atoms with Gasteiger partial charge in [-0.25, -0.2) is 5.01 Å². The maximum absolute atomic E-state index is 12.5. The van der Waals surface area contributed by atoms with E-state index in [4.69, 9.17) is 9.84 Å². The Morgan fingerprint density at radius 3 is 2.45 bits per heavy atom. The normalized spacial score (nSPS) is 19.9. The molecule has 2 atom stereocenters. The second-order valence-corrected chi connectivity index (χ2v) is 8.20. The second kappa shape index (κ2) is 7.60. The second-order valence-electron chi connectivity index (χ2n) is 7.28. The van der Waals surface area contributed by atoms with Gasteiger partial charge in [-0.15, -0.1) is 13.2 Å². The zero-order valence-corrected chi connectivity index (χ0v) is 17.6. The van der Waals surface area contributed by atoms with E-state index < -0.39 is 12.6 Å². The number of fused-ring (bicyclic) bond motifs is 3. The van der Waals surface area contributed by atoms with E-state index in [9.17, 15) is 13.2 Å². The Balaban J connectivity index is 1.52. The predicted octanol–water partition coefficient (Wildman–Crippen LogP) is 6.59. The summed E-state index contributed by atoms with van der Waals surface area (Å²) in [5.41, 5.74) is 3.66. The molecular weight excluding hydrogens is 473 g/mol. The van der Waals surface area contributed by atoms with Crippen molar-refractivity contribution in [1.82, 2.24) is 5.01 Å². The molecule has 0 spiro atoms. The zero-order valence-electron chi connectivity index (χ0n) is 16.0. The largest absolute Gasteiger partial charge is 0.573 e. The van der Waals surface area contributed by atoms with Crippen molar-refractivity contribution in [3.05, 3.63) is 94.0 Å². The Bertz CT molecular complexity index is 1130. The minimum absolute atomic E-state index is 0.0486. The molecule has 0 fully saturated rings. The first-order valence-electron chi connectivity index (χ1n) is 9.60. The molecule has 0 aliphatic carbocycles. The molecular formula is C23H16BrF3N2O2. The van der Waals surface area contributed by atoms with Gasteiger partial charge in [0.05, 0.1) is 11.8 Å². The van der Waals surface area contributed by atoms with E-state index in [1.807, 2.05) is 53.5 Å². The minimum atomic E-state index is -4.73. The highest BCUT2D eigenvalue weighted by atomic mass is 79.9. The van der Waals surface area contributed by atoms with Gasteiger partial charge in [-0.2, -0.15) is 5.10 Å². The first-order valence-corrected chi connectivity index (χ1v) is 10.4. The average Bonchev–Trinajstić information content (AvgIpc) is 3.19. The number of hydrogen-bond acceptors (Lipinski definition) is 4. The summed E-state index contributed by atoms with van der Waals surface area (Å²) in [5, 5.41) is 6.73. The fourth-order valence-corrected chi connectivity index (χ4v) is 4.30. The molecule has 2 heterocycles. The molecule has 2 aliphatic rings. The minimum Gasteiger partial charge on any atom is -0.464 e. The SMILES string of the molecule is FC(F)(F)Oc1ccc([C@H]2Oc3ccc(Br)cc3[C@@H]3CC(c4ccccc4)=NN23)cc1. The van der Waals surface area contributed by atoms with Gasteiger partial charge >= 0.3 is 6.36 Å². The van der Waals surface area contributed by atoms with Crippen molar-refractivity contribution in [2.45, 2.75) is 25.1 Å². The van der Waals surface area contributed by atoms with Crippen molar-refractivity contribution < 1.29 is 22.6 Å². The van der Waals surface area contributed by atoms with E-state index in [0.717, 1.165) is 27.1 Å². The van der Waals surface area contributed by atoms with Crippen LogP contribution in [0.15, 0.2) is 82.4 Å². The van der Waals surface area contributed by atoms with Gasteiger partial charge in [0.25, 0.3) is 0 Å². The van der Waals surface area contributed by atoms with Crippen LogP contribution in [0.2, 0.25) is 0 Å². The van der Waals surface area contributed by atoms with Crippen LogP contribution < -0.4 is 9.47 Å². The summed E-state index contributed by atoms with van der Waals surface area (Å²) in [7, 11) is 0. The first kappa shape index (κ1) is 19.9. The van der Waals surface area contributed by atoms with E-state index in [0.29, 0.717) is 12.0 Å². The third-order valence-corrected chi connectivity index (χ3v) is 5.75. The molecule has 0 amide bonds. The first-order chi connectivity index (χ1) is 14.9. The molecule has 31 heavy (non-hydrogen) atoms. The lowest BCUT2D eigenvalue weighted by molar-refractivity contribution is -0.274. The highest BCUT2D eigenvalue weighted by Gasteiger charge is 2.41. The van der Waals surface area contributed by atoms with Gasteiger partial charge < -0.3 is 9.47 Å². The smallest absolute Gasteiger partial charge is 0.464 e. The maximum atomic E-state index is 12.5. The number of nitrogens with zero attached hydrogens (tertiary/aromatic N) is 2. The third kappa shape index (κ3) is 3.99. The topological polar surface area (TPSA) is 34.1 Å². The Morgan fingerprint density at radius 2 is 1.74 bits per heavy atom. The van der Waals surface area contributed by atoms with Gasteiger partial charge in [0, 0.05) is 22.0 Å². The Morgan fingerprint density at radius 1 is 1.00 bits per heavy atom. The molecule has 3 aromatic carbocycles. The van der Waals surface area contributed by atoms with Crippen LogP contribution in [0.25, 0.3) is 0 Å². The Labute approximate surface area is 185 Å². The molecule has 8 heteroatoms. The van der Waals surface area contributed by atoms with Gasteiger partial charge in [0.15, 0.2) is 0 Å². The number of rotatable bonds is 3. The summed E-state index contributed by atoms with van der Waals surface area (Å²) in [6.07, 6.45) is -4.60. The number of benzene rings is 3.